The topological polar surface area (TPSA) is 197 Å². The SMILES string of the molecule is CCC(C)C(NC(=O)C(CCCCN)NC(=O)C(CC(C)C)NC(=O)C(N)Cc1ccc(O)cc1)C(=O)O. The summed E-state index contributed by atoms with van der Waals surface area (Å²) in [5, 5.41) is 27.0. The van der Waals surface area contributed by atoms with Gasteiger partial charge in [-0.1, -0.05) is 46.2 Å². The average molecular weight is 536 g/mol. The number of rotatable bonds is 17. The number of aromatic hydroxyl groups is 1. The fraction of sp³-hybridized carbons (Fsp3) is 0.630. The zero-order chi connectivity index (χ0) is 28.8. The monoisotopic (exact) mass is 535 g/mol. The Morgan fingerprint density at radius 1 is 0.895 bits per heavy atom. The fourth-order valence-corrected chi connectivity index (χ4v) is 3.93. The van der Waals surface area contributed by atoms with Crippen molar-refractivity contribution < 1.29 is 29.4 Å². The number of unbranched alkanes of at least 4 members (excludes halogenated alkanes) is 1. The summed E-state index contributed by atoms with van der Waals surface area (Å²) in [5.41, 5.74) is 12.4. The van der Waals surface area contributed by atoms with Crippen LogP contribution in [0.15, 0.2) is 24.3 Å². The number of carbonyl (C=O) groups is 4. The molecule has 9 N–H and O–H groups in total. The summed E-state index contributed by atoms with van der Waals surface area (Å²) < 4.78 is 0. The number of carboxylic acids is 1. The molecule has 3 amide bonds. The van der Waals surface area contributed by atoms with Crippen LogP contribution in [0.5, 0.6) is 5.75 Å². The molecule has 38 heavy (non-hydrogen) atoms. The predicted molar refractivity (Wildman–Crippen MR) is 145 cm³/mol. The van der Waals surface area contributed by atoms with Crippen LogP contribution in [0.2, 0.25) is 0 Å². The maximum atomic E-state index is 13.3. The fourth-order valence-electron chi connectivity index (χ4n) is 3.93. The van der Waals surface area contributed by atoms with E-state index in [2.05, 4.69) is 16.0 Å². The summed E-state index contributed by atoms with van der Waals surface area (Å²) in [7, 11) is 0. The van der Waals surface area contributed by atoms with E-state index in [4.69, 9.17) is 11.5 Å². The van der Waals surface area contributed by atoms with E-state index in [-0.39, 0.29) is 30.4 Å². The van der Waals surface area contributed by atoms with E-state index in [0.29, 0.717) is 32.2 Å². The van der Waals surface area contributed by atoms with Gasteiger partial charge in [-0.05, 0) is 68.2 Å². The molecule has 11 heteroatoms. The molecule has 0 saturated carbocycles. The Hall–Kier alpha value is -3.18. The molecule has 0 heterocycles. The zero-order valence-corrected chi connectivity index (χ0v) is 22.9. The Labute approximate surface area is 225 Å². The number of amides is 3. The van der Waals surface area contributed by atoms with Crippen LogP contribution in [0.4, 0.5) is 0 Å². The van der Waals surface area contributed by atoms with E-state index in [1.807, 2.05) is 20.8 Å². The number of phenols is 1. The van der Waals surface area contributed by atoms with Gasteiger partial charge in [0.15, 0.2) is 0 Å². The van der Waals surface area contributed by atoms with Gasteiger partial charge < -0.3 is 37.6 Å². The molecule has 5 atom stereocenters. The van der Waals surface area contributed by atoms with Crippen LogP contribution in [0.25, 0.3) is 0 Å². The molecule has 0 aromatic heterocycles. The van der Waals surface area contributed by atoms with Gasteiger partial charge in [0.1, 0.15) is 23.9 Å². The van der Waals surface area contributed by atoms with Gasteiger partial charge in [-0.25, -0.2) is 4.79 Å². The van der Waals surface area contributed by atoms with Crippen molar-refractivity contribution in [2.75, 3.05) is 6.54 Å². The largest absolute Gasteiger partial charge is 0.508 e. The van der Waals surface area contributed by atoms with Gasteiger partial charge in [0.25, 0.3) is 0 Å². The molecule has 0 fully saturated rings. The van der Waals surface area contributed by atoms with Crippen molar-refractivity contribution in [3.8, 4) is 5.75 Å². The van der Waals surface area contributed by atoms with Crippen LogP contribution < -0.4 is 27.4 Å². The molecule has 1 aromatic rings. The number of nitrogens with two attached hydrogens (primary N) is 2. The number of nitrogens with one attached hydrogen (secondary N) is 3. The zero-order valence-electron chi connectivity index (χ0n) is 22.9. The van der Waals surface area contributed by atoms with Crippen LogP contribution in [0.1, 0.15) is 65.4 Å². The summed E-state index contributed by atoms with van der Waals surface area (Å²) in [6.45, 7) is 7.78. The minimum Gasteiger partial charge on any atom is -0.508 e. The van der Waals surface area contributed by atoms with Crippen molar-refractivity contribution in [1.82, 2.24) is 16.0 Å². The molecule has 1 rings (SSSR count). The van der Waals surface area contributed by atoms with Crippen LogP contribution in [-0.2, 0) is 25.6 Å². The number of phenolic OH excluding ortho intramolecular Hbond substituents is 1. The van der Waals surface area contributed by atoms with Gasteiger partial charge in [0.2, 0.25) is 17.7 Å². The average Bonchev–Trinajstić information content (AvgIpc) is 2.86. The third kappa shape index (κ3) is 11.5. The number of hydrogen-bond donors (Lipinski definition) is 7. The van der Waals surface area contributed by atoms with E-state index >= 15 is 0 Å². The van der Waals surface area contributed by atoms with Crippen LogP contribution >= 0.6 is 0 Å². The van der Waals surface area contributed by atoms with Crippen molar-refractivity contribution in [1.29, 1.82) is 0 Å². The standard InChI is InChI=1S/C27H45N5O6/c1-5-17(4)23(27(37)38)32-25(35)21(8-6-7-13-28)30-26(36)22(14-16(2)3)31-24(34)20(29)15-18-9-11-19(33)12-10-18/h9-12,16-17,20-23,33H,5-8,13-15,28-29H2,1-4H3,(H,30,36)(H,31,34)(H,32,35)(H,37,38). The van der Waals surface area contributed by atoms with E-state index in [9.17, 15) is 29.4 Å². The second kappa shape index (κ2) is 16.6. The Morgan fingerprint density at radius 2 is 1.47 bits per heavy atom. The van der Waals surface area contributed by atoms with Crippen molar-refractivity contribution in [3.63, 3.8) is 0 Å². The summed E-state index contributed by atoms with van der Waals surface area (Å²) in [6.07, 6.45) is 2.52. The molecule has 0 bridgehead atoms. The molecule has 0 aliphatic rings. The number of aliphatic carboxylic acids is 1. The number of hydrogen-bond acceptors (Lipinski definition) is 7. The van der Waals surface area contributed by atoms with Gasteiger partial charge in [0.05, 0.1) is 6.04 Å². The summed E-state index contributed by atoms with van der Waals surface area (Å²) >= 11 is 0. The lowest BCUT2D eigenvalue weighted by Gasteiger charge is -2.27. The number of carbonyl (C=O) groups excluding carboxylic acids is 3. The first-order valence-corrected chi connectivity index (χ1v) is 13.3. The molecule has 5 unspecified atom stereocenters. The van der Waals surface area contributed by atoms with Gasteiger partial charge in [-0.3, -0.25) is 14.4 Å². The maximum Gasteiger partial charge on any atom is 0.326 e. The second-order valence-electron chi connectivity index (χ2n) is 10.2. The summed E-state index contributed by atoms with van der Waals surface area (Å²) in [6, 6.07) is 2.37. The molecule has 0 aliphatic heterocycles. The Bertz CT molecular complexity index is 908. The molecular formula is C27H45N5O6. The highest BCUT2D eigenvalue weighted by atomic mass is 16.4. The summed E-state index contributed by atoms with van der Waals surface area (Å²) in [5.74, 6) is -2.97. The minimum absolute atomic E-state index is 0.0469. The first-order chi connectivity index (χ1) is 17.9. The predicted octanol–water partition coefficient (Wildman–Crippen LogP) is 1.02. The highest BCUT2D eigenvalue weighted by molar-refractivity contribution is 5.94. The third-order valence-electron chi connectivity index (χ3n) is 6.43. The second-order valence-corrected chi connectivity index (χ2v) is 10.2. The van der Waals surface area contributed by atoms with Crippen molar-refractivity contribution in [2.24, 2.45) is 23.3 Å². The number of benzene rings is 1. The first kappa shape index (κ1) is 32.8. The van der Waals surface area contributed by atoms with Gasteiger partial charge >= 0.3 is 5.97 Å². The lowest BCUT2D eigenvalue weighted by atomic mass is 9.98. The lowest BCUT2D eigenvalue weighted by molar-refractivity contribution is -0.144. The minimum atomic E-state index is -1.15. The van der Waals surface area contributed by atoms with Gasteiger partial charge in [0, 0.05) is 0 Å². The van der Waals surface area contributed by atoms with Gasteiger partial charge in [-0.2, -0.15) is 0 Å². The third-order valence-corrected chi connectivity index (χ3v) is 6.43. The molecular weight excluding hydrogens is 490 g/mol. The maximum absolute atomic E-state index is 13.3. The highest BCUT2D eigenvalue weighted by Crippen LogP contribution is 2.13. The molecule has 214 valence electrons. The van der Waals surface area contributed by atoms with E-state index < -0.39 is 47.9 Å². The lowest BCUT2D eigenvalue weighted by Crippen LogP contribution is -2.58. The number of carboxylic acid groups (broad SMARTS) is 1. The Kier molecular flexibility index (Phi) is 14.4. The highest BCUT2D eigenvalue weighted by Gasteiger charge is 2.32. The van der Waals surface area contributed by atoms with Crippen LogP contribution in [-0.4, -0.2) is 64.6 Å². The first-order valence-electron chi connectivity index (χ1n) is 13.3. The molecule has 0 aliphatic carbocycles. The molecule has 1 aromatic carbocycles. The Morgan fingerprint density at radius 3 is 2.00 bits per heavy atom. The van der Waals surface area contributed by atoms with Gasteiger partial charge in [-0.15, -0.1) is 0 Å². The molecule has 11 nitrogen and oxygen atoms in total. The van der Waals surface area contributed by atoms with Crippen LogP contribution in [0, 0.1) is 11.8 Å². The Balaban J connectivity index is 2.99. The molecule has 0 saturated heterocycles. The quantitative estimate of drug-likeness (QED) is 0.143. The van der Waals surface area contributed by atoms with E-state index in [1.165, 1.54) is 12.1 Å². The molecule has 0 radical (unpaired) electrons. The normalized spacial score (nSPS) is 15.1. The van der Waals surface area contributed by atoms with Crippen molar-refractivity contribution in [3.05, 3.63) is 29.8 Å². The summed E-state index contributed by atoms with van der Waals surface area (Å²) in [4.78, 5) is 50.9. The van der Waals surface area contributed by atoms with E-state index in [0.717, 1.165) is 5.56 Å². The van der Waals surface area contributed by atoms with E-state index in [1.54, 1.807) is 19.1 Å². The van der Waals surface area contributed by atoms with Crippen molar-refractivity contribution in [2.45, 2.75) is 90.4 Å². The smallest absolute Gasteiger partial charge is 0.326 e. The van der Waals surface area contributed by atoms with Crippen molar-refractivity contribution >= 4 is 23.7 Å². The molecule has 0 spiro atoms. The van der Waals surface area contributed by atoms with Crippen LogP contribution in [0.3, 0.4) is 0 Å².